The van der Waals surface area contributed by atoms with Gasteiger partial charge in [0.05, 0.1) is 0 Å². The van der Waals surface area contributed by atoms with Crippen LogP contribution in [0, 0.1) is 0 Å². The first-order valence-corrected chi connectivity index (χ1v) is 6.79. The topological polar surface area (TPSA) is 73.9 Å². The number of benzene rings is 1. The van der Waals surface area contributed by atoms with E-state index in [0.29, 0.717) is 11.5 Å². The molecule has 0 spiro atoms. The normalized spacial score (nSPS) is 11.3. The molecule has 1 aromatic carbocycles. The number of anilines is 2. The molecule has 2 rings (SSSR count). The number of H-pyrrole nitrogens is 1. The average molecular weight is 287 g/mol. The van der Waals surface area contributed by atoms with Crippen molar-refractivity contribution in [1.82, 2.24) is 15.2 Å². The maximum Gasteiger partial charge on any atom is 0.295 e. The van der Waals surface area contributed by atoms with Crippen LogP contribution in [0.4, 0.5) is 11.4 Å². The average Bonchev–Trinajstić information content (AvgIpc) is 2.88. The van der Waals surface area contributed by atoms with Crippen molar-refractivity contribution >= 4 is 17.3 Å². The van der Waals surface area contributed by atoms with Crippen molar-refractivity contribution in [2.45, 2.75) is 26.2 Å². The van der Waals surface area contributed by atoms with E-state index in [2.05, 4.69) is 20.5 Å². The smallest absolute Gasteiger partial charge is 0.295 e. The molecule has 21 heavy (non-hydrogen) atoms. The minimum absolute atomic E-state index is 0.148. The first-order chi connectivity index (χ1) is 9.77. The predicted octanol–water partition coefficient (Wildman–Crippen LogP) is 2.42. The zero-order valence-corrected chi connectivity index (χ0v) is 13.1. The van der Waals surface area contributed by atoms with Gasteiger partial charge < -0.3 is 10.2 Å². The molecule has 0 unspecified atom stereocenters. The van der Waals surface area contributed by atoms with Crippen molar-refractivity contribution in [3.05, 3.63) is 35.9 Å². The van der Waals surface area contributed by atoms with Gasteiger partial charge in [0, 0.05) is 30.9 Å². The van der Waals surface area contributed by atoms with Crippen molar-refractivity contribution < 1.29 is 4.79 Å². The second-order valence-corrected chi connectivity index (χ2v) is 6.16. The Morgan fingerprint density at radius 3 is 2.57 bits per heavy atom. The molecule has 6 nitrogen and oxygen atoms in total. The Labute approximate surface area is 124 Å². The minimum Gasteiger partial charge on any atom is -0.378 e. The third kappa shape index (κ3) is 3.59. The summed E-state index contributed by atoms with van der Waals surface area (Å²) in [5, 5.41) is 9.60. The number of carbonyl (C=O) groups excluding carboxylic acids is 1. The molecule has 0 radical (unpaired) electrons. The number of nitrogens with zero attached hydrogens (tertiary/aromatic N) is 3. The van der Waals surface area contributed by atoms with E-state index < -0.39 is 0 Å². The molecule has 1 amide bonds. The Kier molecular flexibility index (Phi) is 3.97. The first-order valence-electron chi connectivity index (χ1n) is 6.79. The van der Waals surface area contributed by atoms with Crippen LogP contribution >= 0.6 is 0 Å². The lowest BCUT2D eigenvalue weighted by Gasteiger charge is -2.13. The highest BCUT2D eigenvalue weighted by molar-refractivity contribution is 6.01. The van der Waals surface area contributed by atoms with Gasteiger partial charge >= 0.3 is 0 Å². The van der Waals surface area contributed by atoms with E-state index in [4.69, 9.17) is 0 Å². The van der Waals surface area contributed by atoms with Gasteiger partial charge in [0.2, 0.25) is 5.82 Å². The highest BCUT2D eigenvalue weighted by atomic mass is 16.2. The number of hydrogen-bond acceptors (Lipinski definition) is 4. The molecule has 0 aliphatic heterocycles. The third-order valence-electron chi connectivity index (χ3n) is 3.02. The molecule has 112 valence electrons. The number of amides is 1. The fraction of sp³-hybridized carbons (Fsp3) is 0.400. The van der Waals surface area contributed by atoms with Crippen molar-refractivity contribution in [3.63, 3.8) is 0 Å². The summed E-state index contributed by atoms with van der Waals surface area (Å²) in [6, 6.07) is 7.60. The molecule has 0 saturated carbocycles. The summed E-state index contributed by atoms with van der Waals surface area (Å²) in [4.78, 5) is 18.4. The Morgan fingerprint density at radius 2 is 2.00 bits per heavy atom. The fourth-order valence-corrected chi connectivity index (χ4v) is 1.75. The fourth-order valence-electron chi connectivity index (χ4n) is 1.75. The molecule has 1 aromatic heterocycles. The molecule has 6 heteroatoms. The molecule has 0 saturated heterocycles. The van der Waals surface area contributed by atoms with Crippen LogP contribution in [-0.2, 0) is 5.41 Å². The van der Waals surface area contributed by atoms with Crippen LogP contribution in [0.2, 0.25) is 0 Å². The van der Waals surface area contributed by atoms with Crippen LogP contribution in [0.3, 0.4) is 0 Å². The Morgan fingerprint density at radius 1 is 1.29 bits per heavy atom. The molecule has 0 bridgehead atoms. The Hall–Kier alpha value is -2.37. The van der Waals surface area contributed by atoms with E-state index >= 15 is 0 Å². The van der Waals surface area contributed by atoms with Crippen molar-refractivity contribution in [2.75, 3.05) is 24.3 Å². The lowest BCUT2D eigenvalue weighted by molar-refractivity contribution is 0.101. The number of nitrogens with one attached hydrogen (secondary N) is 2. The number of aromatic nitrogens is 3. The molecule has 0 aliphatic rings. The van der Waals surface area contributed by atoms with Crippen LogP contribution < -0.4 is 10.2 Å². The summed E-state index contributed by atoms with van der Waals surface area (Å²) in [6.45, 7) is 6.03. The van der Waals surface area contributed by atoms with Gasteiger partial charge in [-0.2, -0.15) is 0 Å². The van der Waals surface area contributed by atoms with E-state index in [1.54, 1.807) is 0 Å². The standard InChI is InChI=1S/C15H21N5O/c1-15(2,3)14-17-12(18-19-14)13(21)16-10-7-6-8-11(9-10)20(4)5/h6-9H,1-5H3,(H,16,21)(H,17,18,19). The van der Waals surface area contributed by atoms with Gasteiger partial charge in [-0.3, -0.25) is 9.89 Å². The van der Waals surface area contributed by atoms with Crippen LogP contribution in [0.25, 0.3) is 0 Å². The summed E-state index contributed by atoms with van der Waals surface area (Å²) in [5.74, 6) is 0.516. The molecule has 0 atom stereocenters. The minimum atomic E-state index is -0.322. The van der Waals surface area contributed by atoms with Gasteiger partial charge in [0.1, 0.15) is 5.82 Å². The molecular formula is C15H21N5O. The molecular weight excluding hydrogens is 266 g/mol. The molecule has 0 aliphatic carbocycles. The SMILES string of the molecule is CN(C)c1cccc(NC(=O)c2n[nH]c(C(C)(C)C)n2)c1. The molecule has 2 aromatic rings. The number of aromatic amines is 1. The molecule has 2 N–H and O–H groups in total. The second kappa shape index (κ2) is 5.55. The van der Waals surface area contributed by atoms with Crippen molar-refractivity contribution in [1.29, 1.82) is 0 Å². The van der Waals surface area contributed by atoms with Crippen LogP contribution in [0.5, 0.6) is 0 Å². The van der Waals surface area contributed by atoms with Crippen LogP contribution in [0.1, 0.15) is 37.2 Å². The summed E-state index contributed by atoms with van der Waals surface area (Å²) in [7, 11) is 3.90. The summed E-state index contributed by atoms with van der Waals surface area (Å²) < 4.78 is 0. The first kappa shape index (κ1) is 15.0. The maximum absolute atomic E-state index is 12.2. The van der Waals surface area contributed by atoms with Gasteiger partial charge in [-0.1, -0.05) is 26.8 Å². The van der Waals surface area contributed by atoms with Crippen molar-refractivity contribution in [3.8, 4) is 0 Å². The Bertz CT molecular complexity index is 640. The number of carbonyl (C=O) groups is 1. The van der Waals surface area contributed by atoms with Crippen LogP contribution in [0.15, 0.2) is 24.3 Å². The van der Waals surface area contributed by atoms with E-state index in [9.17, 15) is 4.79 Å². The van der Waals surface area contributed by atoms with Crippen molar-refractivity contribution in [2.24, 2.45) is 0 Å². The molecule has 1 heterocycles. The number of rotatable bonds is 3. The monoisotopic (exact) mass is 287 g/mol. The van der Waals surface area contributed by atoms with Gasteiger partial charge in [-0.15, -0.1) is 5.10 Å². The van der Waals surface area contributed by atoms with Gasteiger partial charge in [0.25, 0.3) is 5.91 Å². The van der Waals surface area contributed by atoms with E-state index in [0.717, 1.165) is 5.69 Å². The summed E-state index contributed by atoms with van der Waals surface area (Å²) in [5.41, 5.74) is 1.56. The largest absolute Gasteiger partial charge is 0.378 e. The highest BCUT2D eigenvalue weighted by Crippen LogP contribution is 2.19. The maximum atomic E-state index is 12.2. The zero-order chi connectivity index (χ0) is 15.6. The second-order valence-electron chi connectivity index (χ2n) is 6.16. The van der Waals surface area contributed by atoms with E-state index in [1.807, 2.05) is 64.0 Å². The van der Waals surface area contributed by atoms with Gasteiger partial charge in [0.15, 0.2) is 0 Å². The van der Waals surface area contributed by atoms with Crippen LogP contribution in [-0.4, -0.2) is 35.2 Å². The van der Waals surface area contributed by atoms with Gasteiger partial charge in [-0.25, -0.2) is 4.98 Å². The highest BCUT2D eigenvalue weighted by Gasteiger charge is 2.21. The molecule has 0 fully saturated rings. The quantitative estimate of drug-likeness (QED) is 0.909. The van der Waals surface area contributed by atoms with E-state index in [1.165, 1.54) is 0 Å². The van der Waals surface area contributed by atoms with Gasteiger partial charge in [-0.05, 0) is 18.2 Å². The number of hydrogen-bond donors (Lipinski definition) is 2. The lowest BCUT2D eigenvalue weighted by Crippen LogP contribution is -2.16. The predicted molar refractivity (Wildman–Crippen MR) is 83.8 cm³/mol. The lowest BCUT2D eigenvalue weighted by atomic mass is 9.96. The summed E-state index contributed by atoms with van der Waals surface area (Å²) in [6.07, 6.45) is 0. The Balaban J connectivity index is 2.15. The zero-order valence-electron chi connectivity index (χ0n) is 13.1. The summed E-state index contributed by atoms with van der Waals surface area (Å²) >= 11 is 0. The van der Waals surface area contributed by atoms with E-state index in [-0.39, 0.29) is 17.1 Å². The third-order valence-corrected chi connectivity index (χ3v) is 3.02.